The minimum absolute atomic E-state index is 0.0524. The number of hydrogen-bond donors (Lipinski definition) is 2. The molecular formula is C12H16O5. The van der Waals surface area contributed by atoms with E-state index in [0.717, 1.165) is 6.42 Å². The van der Waals surface area contributed by atoms with Crippen molar-refractivity contribution in [1.29, 1.82) is 0 Å². The van der Waals surface area contributed by atoms with Crippen molar-refractivity contribution < 1.29 is 24.2 Å². The lowest BCUT2D eigenvalue weighted by atomic mass is 9.84. The summed E-state index contributed by atoms with van der Waals surface area (Å²) in [5.41, 5.74) is 0. The van der Waals surface area contributed by atoms with E-state index >= 15 is 0 Å². The summed E-state index contributed by atoms with van der Waals surface area (Å²) in [4.78, 5) is 10.7. The van der Waals surface area contributed by atoms with Gasteiger partial charge in [0, 0.05) is 13.2 Å². The molecule has 17 heavy (non-hydrogen) atoms. The van der Waals surface area contributed by atoms with Gasteiger partial charge in [0.1, 0.15) is 11.9 Å². The Labute approximate surface area is 99.0 Å². The molecule has 0 radical (unpaired) electrons. The second kappa shape index (κ2) is 4.89. The summed E-state index contributed by atoms with van der Waals surface area (Å²) >= 11 is 0. The number of carboxylic acids is 1. The Balaban J connectivity index is 2.12. The first-order valence-corrected chi connectivity index (χ1v) is 5.68. The van der Waals surface area contributed by atoms with Crippen LogP contribution in [0, 0.1) is 11.8 Å². The van der Waals surface area contributed by atoms with Gasteiger partial charge in [-0.1, -0.05) is 6.92 Å². The van der Waals surface area contributed by atoms with E-state index < -0.39 is 12.1 Å². The Morgan fingerprint density at radius 1 is 1.53 bits per heavy atom. The Morgan fingerprint density at radius 2 is 2.29 bits per heavy atom. The SMILES string of the molecule is CC1COCCC1C(O)c1ccc(C(=O)O)o1. The molecule has 3 unspecified atom stereocenters. The normalized spacial score (nSPS) is 26.7. The molecule has 0 bridgehead atoms. The molecule has 1 aliphatic rings. The van der Waals surface area contributed by atoms with E-state index in [-0.39, 0.29) is 17.6 Å². The maximum absolute atomic E-state index is 10.7. The number of ether oxygens (including phenoxy) is 1. The third-order valence-electron chi connectivity index (χ3n) is 3.24. The van der Waals surface area contributed by atoms with E-state index in [2.05, 4.69) is 0 Å². The molecule has 0 aromatic carbocycles. The van der Waals surface area contributed by atoms with Crippen LogP contribution in [0.4, 0.5) is 0 Å². The zero-order valence-corrected chi connectivity index (χ0v) is 9.63. The van der Waals surface area contributed by atoms with Crippen molar-refractivity contribution in [2.75, 3.05) is 13.2 Å². The minimum Gasteiger partial charge on any atom is -0.475 e. The van der Waals surface area contributed by atoms with E-state index in [1.165, 1.54) is 12.1 Å². The zero-order valence-electron chi connectivity index (χ0n) is 9.63. The van der Waals surface area contributed by atoms with Crippen LogP contribution >= 0.6 is 0 Å². The second-order valence-electron chi connectivity index (χ2n) is 4.46. The van der Waals surface area contributed by atoms with E-state index in [1.54, 1.807) is 0 Å². The van der Waals surface area contributed by atoms with E-state index in [0.29, 0.717) is 19.0 Å². The fraction of sp³-hybridized carbons (Fsp3) is 0.583. The lowest BCUT2D eigenvalue weighted by Crippen LogP contribution is -2.29. The predicted molar refractivity (Wildman–Crippen MR) is 58.7 cm³/mol. The van der Waals surface area contributed by atoms with Crippen molar-refractivity contribution in [3.63, 3.8) is 0 Å². The molecule has 1 saturated heterocycles. The van der Waals surface area contributed by atoms with Crippen molar-refractivity contribution in [1.82, 2.24) is 0 Å². The van der Waals surface area contributed by atoms with Crippen LogP contribution < -0.4 is 0 Å². The van der Waals surface area contributed by atoms with Crippen molar-refractivity contribution >= 4 is 5.97 Å². The third kappa shape index (κ3) is 2.50. The predicted octanol–water partition coefficient (Wildman–Crippen LogP) is 1.68. The molecule has 1 aromatic rings. The smallest absolute Gasteiger partial charge is 0.371 e. The summed E-state index contributed by atoms with van der Waals surface area (Å²) in [5, 5.41) is 18.9. The van der Waals surface area contributed by atoms with Crippen LogP contribution in [0.25, 0.3) is 0 Å². The van der Waals surface area contributed by atoms with Crippen LogP contribution in [0.5, 0.6) is 0 Å². The summed E-state index contributed by atoms with van der Waals surface area (Å²) in [6, 6.07) is 2.89. The highest BCUT2D eigenvalue weighted by Crippen LogP contribution is 2.34. The van der Waals surface area contributed by atoms with Crippen LogP contribution in [0.1, 0.15) is 35.8 Å². The van der Waals surface area contributed by atoms with Crippen LogP contribution in [-0.2, 0) is 4.74 Å². The van der Waals surface area contributed by atoms with E-state index in [4.69, 9.17) is 14.3 Å². The molecule has 2 heterocycles. The van der Waals surface area contributed by atoms with Gasteiger partial charge in [-0.05, 0) is 30.4 Å². The molecule has 0 amide bonds. The number of hydrogen-bond acceptors (Lipinski definition) is 4. The Hall–Kier alpha value is -1.33. The number of aliphatic hydroxyl groups excluding tert-OH is 1. The van der Waals surface area contributed by atoms with Crippen LogP contribution in [-0.4, -0.2) is 29.4 Å². The lowest BCUT2D eigenvalue weighted by molar-refractivity contribution is -0.0379. The highest BCUT2D eigenvalue weighted by molar-refractivity contribution is 5.84. The van der Waals surface area contributed by atoms with E-state index in [1.807, 2.05) is 6.92 Å². The van der Waals surface area contributed by atoms with Gasteiger partial charge in [0.05, 0.1) is 0 Å². The largest absolute Gasteiger partial charge is 0.475 e. The number of aromatic carboxylic acids is 1. The molecule has 94 valence electrons. The lowest BCUT2D eigenvalue weighted by Gasteiger charge is -2.31. The van der Waals surface area contributed by atoms with Crippen molar-refractivity contribution in [2.24, 2.45) is 11.8 Å². The third-order valence-corrected chi connectivity index (χ3v) is 3.24. The topological polar surface area (TPSA) is 79.9 Å². The van der Waals surface area contributed by atoms with E-state index in [9.17, 15) is 9.90 Å². The molecule has 0 saturated carbocycles. The molecule has 0 aliphatic carbocycles. The maximum atomic E-state index is 10.7. The monoisotopic (exact) mass is 240 g/mol. The standard InChI is InChI=1S/C12H16O5/c1-7-6-16-5-4-8(7)11(13)9-2-3-10(17-9)12(14)15/h2-3,7-8,11,13H,4-6H2,1H3,(H,14,15). The van der Waals surface area contributed by atoms with Gasteiger partial charge in [0.2, 0.25) is 5.76 Å². The number of aliphatic hydroxyl groups is 1. The highest BCUT2D eigenvalue weighted by Gasteiger charge is 2.31. The molecule has 1 aliphatic heterocycles. The molecule has 0 spiro atoms. The second-order valence-corrected chi connectivity index (χ2v) is 4.46. The number of rotatable bonds is 3. The van der Waals surface area contributed by atoms with Crippen molar-refractivity contribution in [3.8, 4) is 0 Å². The zero-order chi connectivity index (χ0) is 12.4. The van der Waals surface area contributed by atoms with Crippen LogP contribution in [0.15, 0.2) is 16.5 Å². The first kappa shape index (κ1) is 12.1. The van der Waals surface area contributed by atoms with Crippen LogP contribution in [0.3, 0.4) is 0 Å². The van der Waals surface area contributed by atoms with Crippen LogP contribution in [0.2, 0.25) is 0 Å². The molecule has 1 fully saturated rings. The van der Waals surface area contributed by atoms with Gasteiger partial charge in [-0.3, -0.25) is 0 Å². The summed E-state index contributed by atoms with van der Waals surface area (Å²) in [7, 11) is 0. The van der Waals surface area contributed by atoms with Crippen molar-refractivity contribution in [2.45, 2.75) is 19.4 Å². The maximum Gasteiger partial charge on any atom is 0.371 e. The summed E-state index contributed by atoms with van der Waals surface area (Å²) in [6.45, 7) is 3.25. The first-order valence-electron chi connectivity index (χ1n) is 5.68. The Bertz CT molecular complexity index is 397. The molecule has 2 N–H and O–H groups in total. The minimum atomic E-state index is -1.12. The fourth-order valence-corrected chi connectivity index (χ4v) is 2.20. The Morgan fingerprint density at radius 3 is 2.88 bits per heavy atom. The highest BCUT2D eigenvalue weighted by atomic mass is 16.5. The molecular weight excluding hydrogens is 224 g/mol. The summed E-state index contributed by atoms with van der Waals surface area (Å²) in [6.07, 6.45) is -0.00664. The number of carbonyl (C=O) groups is 1. The van der Waals surface area contributed by atoms with Gasteiger partial charge in [-0.25, -0.2) is 4.79 Å². The number of carboxylic acid groups (broad SMARTS) is 1. The fourth-order valence-electron chi connectivity index (χ4n) is 2.20. The summed E-state index contributed by atoms with van der Waals surface area (Å²) in [5.74, 6) is -0.655. The van der Waals surface area contributed by atoms with Gasteiger partial charge < -0.3 is 19.4 Å². The quantitative estimate of drug-likeness (QED) is 0.840. The molecule has 2 rings (SSSR count). The molecule has 5 heteroatoms. The Kier molecular flexibility index (Phi) is 3.49. The van der Waals surface area contributed by atoms with Gasteiger partial charge >= 0.3 is 5.97 Å². The molecule has 5 nitrogen and oxygen atoms in total. The molecule has 3 atom stereocenters. The number of furan rings is 1. The van der Waals surface area contributed by atoms with Gasteiger partial charge in [0.25, 0.3) is 0 Å². The van der Waals surface area contributed by atoms with Crippen molar-refractivity contribution in [3.05, 3.63) is 23.7 Å². The average Bonchev–Trinajstić information content (AvgIpc) is 2.78. The first-order chi connectivity index (χ1) is 8.09. The van der Waals surface area contributed by atoms with Gasteiger partial charge in [-0.15, -0.1) is 0 Å². The molecule has 1 aromatic heterocycles. The average molecular weight is 240 g/mol. The van der Waals surface area contributed by atoms with Gasteiger partial charge in [0.15, 0.2) is 0 Å². The summed E-state index contributed by atoms with van der Waals surface area (Å²) < 4.78 is 10.4. The van der Waals surface area contributed by atoms with Gasteiger partial charge in [-0.2, -0.15) is 0 Å².